The highest BCUT2D eigenvalue weighted by atomic mass is 16.6. The van der Waals surface area contributed by atoms with Crippen molar-refractivity contribution in [2.75, 3.05) is 13.1 Å². The molecule has 1 aromatic rings. The molecule has 0 N–H and O–H groups in total. The Kier molecular flexibility index (Phi) is 5.99. The largest absolute Gasteiger partial charge is 0.455 e. The van der Waals surface area contributed by atoms with Crippen molar-refractivity contribution in [3.63, 3.8) is 0 Å². The Balaban J connectivity index is 0.00000117. The third-order valence-corrected chi connectivity index (χ3v) is 4.63. The van der Waals surface area contributed by atoms with E-state index in [4.69, 9.17) is 9.47 Å². The predicted octanol–water partition coefficient (Wildman–Crippen LogP) is 4.50. The zero-order valence-electron chi connectivity index (χ0n) is 16.8. The number of likely N-dealkylation sites (tertiary alicyclic amines) is 1. The molecule has 144 valence electrons. The lowest BCUT2D eigenvalue weighted by atomic mass is 9.81. The molecule has 2 aliphatic heterocycles. The van der Waals surface area contributed by atoms with Crippen molar-refractivity contribution < 1.29 is 19.1 Å². The van der Waals surface area contributed by atoms with Gasteiger partial charge in [-0.2, -0.15) is 0 Å². The standard InChI is InChI=1S/C19H25NO4.C2H6/c1-13-5-6-14-12-19(23-16(21)15(14)11-13)7-9-20(10-8-19)17(22)24-18(2,3)4;1-2/h5-6,11H,7-10,12H2,1-4H3;1-2H3. The molecule has 5 nitrogen and oxygen atoms in total. The second kappa shape index (κ2) is 7.68. The monoisotopic (exact) mass is 361 g/mol. The molecule has 0 radical (unpaired) electrons. The molecule has 0 bridgehead atoms. The molecule has 1 spiro atoms. The molecule has 3 rings (SSSR count). The number of carbonyl (C=O) groups excluding carboxylic acids is 2. The highest BCUT2D eigenvalue weighted by molar-refractivity contribution is 5.92. The summed E-state index contributed by atoms with van der Waals surface area (Å²) in [4.78, 5) is 26.3. The van der Waals surface area contributed by atoms with E-state index in [1.165, 1.54) is 0 Å². The van der Waals surface area contributed by atoms with Crippen molar-refractivity contribution in [2.24, 2.45) is 0 Å². The van der Waals surface area contributed by atoms with Crippen LogP contribution in [0.5, 0.6) is 0 Å². The van der Waals surface area contributed by atoms with Crippen LogP contribution in [0.3, 0.4) is 0 Å². The maximum Gasteiger partial charge on any atom is 0.410 e. The predicted molar refractivity (Wildman–Crippen MR) is 101 cm³/mol. The topological polar surface area (TPSA) is 55.8 Å². The summed E-state index contributed by atoms with van der Waals surface area (Å²) in [7, 11) is 0. The summed E-state index contributed by atoms with van der Waals surface area (Å²) in [6.45, 7) is 12.6. The SMILES string of the molecule is CC.Cc1ccc2c(c1)C(=O)OC1(CCN(C(=O)OC(C)(C)C)CC1)C2. The van der Waals surface area contributed by atoms with Gasteiger partial charge in [0, 0.05) is 32.4 Å². The summed E-state index contributed by atoms with van der Waals surface area (Å²) in [6.07, 6.45) is 1.71. The zero-order valence-corrected chi connectivity index (χ0v) is 16.8. The first-order valence-corrected chi connectivity index (χ1v) is 9.48. The molecule has 1 aromatic carbocycles. The number of esters is 1. The lowest BCUT2D eigenvalue weighted by Crippen LogP contribution is -2.52. The van der Waals surface area contributed by atoms with Gasteiger partial charge in [-0.1, -0.05) is 31.5 Å². The number of fused-ring (bicyclic) bond motifs is 1. The van der Waals surface area contributed by atoms with Gasteiger partial charge in [0.15, 0.2) is 0 Å². The van der Waals surface area contributed by atoms with E-state index >= 15 is 0 Å². The Morgan fingerprint density at radius 1 is 1.19 bits per heavy atom. The van der Waals surface area contributed by atoms with Crippen molar-refractivity contribution in [1.29, 1.82) is 0 Å². The molecule has 0 atom stereocenters. The smallest absolute Gasteiger partial charge is 0.410 e. The highest BCUT2D eigenvalue weighted by Crippen LogP contribution is 2.36. The third-order valence-electron chi connectivity index (χ3n) is 4.63. The van der Waals surface area contributed by atoms with Gasteiger partial charge in [0.2, 0.25) is 0 Å². The quantitative estimate of drug-likeness (QED) is 0.638. The van der Waals surface area contributed by atoms with Gasteiger partial charge in [-0.15, -0.1) is 0 Å². The molecule has 0 unspecified atom stereocenters. The van der Waals surface area contributed by atoms with E-state index in [9.17, 15) is 9.59 Å². The van der Waals surface area contributed by atoms with Crippen LogP contribution in [0.1, 0.15) is 68.9 Å². The number of amides is 1. The van der Waals surface area contributed by atoms with Crippen LogP contribution in [-0.2, 0) is 15.9 Å². The van der Waals surface area contributed by atoms with Crippen molar-refractivity contribution in [3.8, 4) is 0 Å². The Morgan fingerprint density at radius 3 is 2.38 bits per heavy atom. The van der Waals surface area contributed by atoms with Crippen LogP contribution in [-0.4, -0.2) is 41.3 Å². The van der Waals surface area contributed by atoms with Gasteiger partial charge >= 0.3 is 12.1 Å². The molecule has 1 saturated heterocycles. The number of hydrogen-bond acceptors (Lipinski definition) is 4. The number of ether oxygens (including phenoxy) is 2. The Labute approximate surface area is 156 Å². The number of aryl methyl sites for hydroxylation is 1. The first kappa shape index (κ1) is 20.3. The number of nitrogens with zero attached hydrogens (tertiary/aromatic N) is 1. The van der Waals surface area contributed by atoms with E-state index in [-0.39, 0.29) is 12.1 Å². The molecule has 0 aromatic heterocycles. The molecule has 1 amide bonds. The molecular formula is C21H31NO4. The first-order chi connectivity index (χ1) is 12.2. The van der Waals surface area contributed by atoms with Gasteiger partial charge < -0.3 is 14.4 Å². The van der Waals surface area contributed by atoms with Crippen molar-refractivity contribution in [3.05, 3.63) is 34.9 Å². The van der Waals surface area contributed by atoms with E-state index in [2.05, 4.69) is 0 Å². The van der Waals surface area contributed by atoms with Crippen LogP contribution in [0.2, 0.25) is 0 Å². The second-order valence-corrected chi connectivity index (χ2v) is 7.88. The summed E-state index contributed by atoms with van der Waals surface area (Å²) in [5.74, 6) is -0.245. The van der Waals surface area contributed by atoms with E-state index < -0.39 is 11.2 Å². The lowest BCUT2D eigenvalue weighted by Gasteiger charge is -2.43. The van der Waals surface area contributed by atoms with E-state index in [0.717, 1.165) is 17.5 Å². The molecule has 2 aliphatic rings. The van der Waals surface area contributed by atoms with Crippen LogP contribution >= 0.6 is 0 Å². The van der Waals surface area contributed by atoms with Crippen LogP contribution < -0.4 is 0 Å². The first-order valence-electron chi connectivity index (χ1n) is 9.48. The van der Waals surface area contributed by atoms with Crippen LogP contribution in [0.25, 0.3) is 0 Å². The number of rotatable bonds is 0. The molecule has 0 aliphatic carbocycles. The Bertz CT molecular complexity index is 667. The summed E-state index contributed by atoms with van der Waals surface area (Å²) >= 11 is 0. The van der Waals surface area contributed by atoms with Crippen LogP contribution in [0.4, 0.5) is 4.79 Å². The molecule has 26 heavy (non-hydrogen) atoms. The van der Waals surface area contributed by atoms with Crippen molar-refractivity contribution in [2.45, 2.75) is 72.0 Å². The zero-order chi connectivity index (χ0) is 19.5. The molecule has 2 heterocycles. The molecular weight excluding hydrogens is 330 g/mol. The molecule has 5 heteroatoms. The van der Waals surface area contributed by atoms with E-state index in [1.807, 2.05) is 59.7 Å². The fourth-order valence-electron chi connectivity index (χ4n) is 3.37. The van der Waals surface area contributed by atoms with Gasteiger partial charge in [-0.05, 0) is 39.3 Å². The summed E-state index contributed by atoms with van der Waals surface area (Å²) in [6, 6.07) is 5.94. The number of carbonyl (C=O) groups is 2. The maximum absolute atomic E-state index is 12.4. The molecule has 0 saturated carbocycles. The third kappa shape index (κ3) is 4.57. The van der Waals surface area contributed by atoms with Crippen molar-refractivity contribution in [1.82, 2.24) is 4.90 Å². The van der Waals surface area contributed by atoms with Gasteiger partial charge in [-0.3, -0.25) is 0 Å². The maximum atomic E-state index is 12.4. The Morgan fingerprint density at radius 2 is 1.81 bits per heavy atom. The minimum Gasteiger partial charge on any atom is -0.455 e. The molecule has 1 fully saturated rings. The number of hydrogen-bond donors (Lipinski definition) is 0. The van der Waals surface area contributed by atoms with Crippen LogP contribution in [0, 0.1) is 6.92 Å². The van der Waals surface area contributed by atoms with E-state index in [1.54, 1.807) is 4.90 Å². The highest BCUT2D eigenvalue weighted by Gasteiger charge is 2.44. The normalized spacial score (nSPS) is 18.4. The summed E-state index contributed by atoms with van der Waals surface area (Å²) < 4.78 is 11.2. The van der Waals surface area contributed by atoms with Crippen molar-refractivity contribution >= 4 is 12.1 Å². The minimum atomic E-state index is -0.500. The fraction of sp³-hybridized carbons (Fsp3) is 0.619. The summed E-state index contributed by atoms with van der Waals surface area (Å²) in [5, 5.41) is 0. The van der Waals surface area contributed by atoms with Gasteiger partial charge in [0.1, 0.15) is 11.2 Å². The Hall–Kier alpha value is -2.04. The lowest BCUT2D eigenvalue weighted by molar-refractivity contribution is -0.0587. The average Bonchev–Trinajstić information content (AvgIpc) is 2.57. The number of piperidine rings is 1. The second-order valence-electron chi connectivity index (χ2n) is 7.88. The van der Waals surface area contributed by atoms with Gasteiger partial charge in [0.05, 0.1) is 5.56 Å². The number of benzene rings is 1. The van der Waals surface area contributed by atoms with E-state index in [0.29, 0.717) is 31.5 Å². The minimum absolute atomic E-state index is 0.245. The average molecular weight is 361 g/mol. The summed E-state index contributed by atoms with van der Waals surface area (Å²) in [5.41, 5.74) is 1.79. The van der Waals surface area contributed by atoms with Crippen LogP contribution in [0.15, 0.2) is 18.2 Å². The van der Waals surface area contributed by atoms with Gasteiger partial charge in [-0.25, -0.2) is 9.59 Å². The fourth-order valence-corrected chi connectivity index (χ4v) is 3.37. The van der Waals surface area contributed by atoms with Gasteiger partial charge in [0.25, 0.3) is 0 Å².